The van der Waals surface area contributed by atoms with Crippen molar-refractivity contribution in [3.8, 4) is 33.4 Å². The molecule has 5 aliphatic rings. The van der Waals surface area contributed by atoms with Crippen molar-refractivity contribution >= 4 is 61.0 Å². The van der Waals surface area contributed by atoms with Gasteiger partial charge in [0, 0.05) is 55.2 Å². The van der Waals surface area contributed by atoms with Crippen molar-refractivity contribution in [3.63, 3.8) is 0 Å². The zero-order chi connectivity index (χ0) is 46.8. The highest BCUT2D eigenvalue weighted by Crippen LogP contribution is 2.52. The van der Waals surface area contributed by atoms with E-state index < -0.39 is 0 Å². The third-order valence-electron chi connectivity index (χ3n) is 16.0. The third-order valence-corrected chi connectivity index (χ3v) is 17.3. The number of aryl methyl sites for hydroxylation is 3. The Kier molecular flexibility index (Phi) is 10.5. The monoisotopic (exact) mass is 930 g/mol. The van der Waals surface area contributed by atoms with Gasteiger partial charge in [0.25, 0.3) is 0 Å². The van der Waals surface area contributed by atoms with Gasteiger partial charge >= 0.3 is 0 Å². The highest BCUT2D eigenvalue weighted by molar-refractivity contribution is 7.19. The van der Waals surface area contributed by atoms with Gasteiger partial charge in [-0.3, -0.25) is 0 Å². The second-order valence-electron chi connectivity index (χ2n) is 20.0. The standard InChI is InChI=1S/C68H54N2S/c1-3-18-54-45(14-1)16-11-23-56(54)47-30-37-51(38-31-47)69(52-39-32-48(33-40-52)57-24-12-17-46-15-2-4-19-55(46)57)53-41-34-49(35-42-53)62-44-50(58-25-13-29-67-68(58)61-22-7-10-28-66(61)71-67)36-43-65(62)70-63-26-8-5-20-59(63)60-21-6-9-27-64(60)70/h1,3-6,8-9,11-14,16-21,23-27,29-34,36-44,49,59,63H,2,7,10,15,22,28,35H2. The molecule has 0 amide bonds. The van der Waals surface area contributed by atoms with Crippen LogP contribution in [0.3, 0.4) is 0 Å². The van der Waals surface area contributed by atoms with Crippen LogP contribution in [0.1, 0.15) is 70.2 Å². The van der Waals surface area contributed by atoms with Crippen molar-refractivity contribution in [2.45, 2.75) is 62.8 Å². The Morgan fingerprint density at radius 3 is 2.14 bits per heavy atom. The number of hydrogen-bond acceptors (Lipinski definition) is 3. The molecule has 14 rings (SSSR count). The summed E-state index contributed by atoms with van der Waals surface area (Å²) in [5.74, 6) is 0.493. The van der Waals surface area contributed by atoms with Crippen LogP contribution in [0.15, 0.2) is 224 Å². The number of rotatable bonds is 8. The maximum Gasteiger partial charge on any atom is 0.0629 e. The summed E-state index contributed by atoms with van der Waals surface area (Å²) in [5.41, 5.74) is 21.0. The van der Waals surface area contributed by atoms with E-state index in [-0.39, 0.29) is 12.0 Å². The summed E-state index contributed by atoms with van der Waals surface area (Å²) >= 11 is 2.02. The fraction of sp³-hybridized carbons (Fsp3) is 0.147. The summed E-state index contributed by atoms with van der Waals surface area (Å²) in [7, 11) is 0. The molecule has 0 fully saturated rings. The van der Waals surface area contributed by atoms with Gasteiger partial charge in [-0.25, -0.2) is 0 Å². The van der Waals surface area contributed by atoms with E-state index >= 15 is 0 Å². The van der Waals surface area contributed by atoms with Crippen molar-refractivity contribution in [2.75, 3.05) is 9.80 Å². The average molecular weight is 931 g/mol. The summed E-state index contributed by atoms with van der Waals surface area (Å²) in [4.78, 5) is 6.70. The number of hydrogen-bond donors (Lipinski definition) is 0. The highest BCUT2D eigenvalue weighted by Gasteiger charge is 2.38. The smallest absolute Gasteiger partial charge is 0.0629 e. The first kappa shape index (κ1) is 42.2. The molecule has 2 nitrogen and oxygen atoms in total. The molecular formula is C68H54N2S. The lowest BCUT2D eigenvalue weighted by atomic mass is 9.86. The van der Waals surface area contributed by atoms with Crippen LogP contribution < -0.4 is 9.80 Å². The second kappa shape index (κ2) is 17.6. The first-order valence-electron chi connectivity index (χ1n) is 25.8. The van der Waals surface area contributed by atoms with Crippen LogP contribution in [-0.2, 0) is 19.3 Å². The first-order chi connectivity index (χ1) is 35.2. The van der Waals surface area contributed by atoms with Crippen LogP contribution in [0.2, 0.25) is 0 Å². The lowest BCUT2D eigenvalue weighted by molar-refractivity contribution is 0.700. The molecule has 0 saturated carbocycles. The molecule has 0 saturated heterocycles. The molecule has 0 spiro atoms. The topological polar surface area (TPSA) is 6.48 Å². The van der Waals surface area contributed by atoms with Gasteiger partial charge < -0.3 is 9.80 Å². The van der Waals surface area contributed by atoms with E-state index in [1.807, 2.05) is 11.3 Å². The molecule has 4 aliphatic carbocycles. The van der Waals surface area contributed by atoms with Gasteiger partial charge in [0.15, 0.2) is 0 Å². The first-order valence-corrected chi connectivity index (χ1v) is 26.6. The third kappa shape index (κ3) is 7.28. The number of allylic oxidation sites excluding steroid dienone is 6. The predicted octanol–water partition coefficient (Wildman–Crippen LogP) is 18.4. The molecule has 1 aromatic heterocycles. The molecule has 3 heteroatoms. The van der Waals surface area contributed by atoms with E-state index in [9.17, 15) is 0 Å². The average Bonchev–Trinajstić information content (AvgIpc) is 4.00. The molecule has 2 heterocycles. The SMILES string of the molecule is C1=CC2c3ccccc3N(c3ccc(-c4cccc5sc6c(c45)CCCC6)cc3C3C=CC(N(c4ccc(-c5cccc6c5C=CCC6)cc4)c4ccc(-c5cccc6ccccc56)cc4)=CC3)C2C=C1. The van der Waals surface area contributed by atoms with Gasteiger partial charge in [-0.05, 0) is 172 Å². The molecular weight excluding hydrogens is 877 g/mol. The summed E-state index contributed by atoms with van der Waals surface area (Å²) in [6.07, 6.45) is 29.4. The van der Waals surface area contributed by atoms with Crippen LogP contribution in [0.4, 0.5) is 22.7 Å². The van der Waals surface area contributed by atoms with Crippen LogP contribution in [0.5, 0.6) is 0 Å². The van der Waals surface area contributed by atoms with Gasteiger partial charge in [-0.15, -0.1) is 11.3 Å². The van der Waals surface area contributed by atoms with Crippen LogP contribution in [-0.4, -0.2) is 6.04 Å². The van der Waals surface area contributed by atoms with E-state index in [4.69, 9.17) is 0 Å². The van der Waals surface area contributed by atoms with E-state index in [1.165, 1.54) is 119 Å². The van der Waals surface area contributed by atoms with Gasteiger partial charge in [0.2, 0.25) is 0 Å². The number of anilines is 4. The summed E-state index contributed by atoms with van der Waals surface area (Å²) in [6.45, 7) is 0. The van der Waals surface area contributed by atoms with Gasteiger partial charge in [-0.2, -0.15) is 0 Å². The number of benzene rings is 8. The molecule has 0 N–H and O–H groups in total. The summed E-state index contributed by atoms with van der Waals surface area (Å²) in [5, 5.41) is 4.02. The van der Waals surface area contributed by atoms with Crippen LogP contribution in [0, 0.1) is 0 Å². The number of thiophene rings is 1. The number of fused-ring (bicyclic) bond motifs is 8. The maximum absolute atomic E-state index is 2.64. The van der Waals surface area contributed by atoms with Gasteiger partial charge in [-0.1, -0.05) is 170 Å². The Balaban J connectivity index is 0.871. The Morgan fingerprint density at radius 1 is 0.549 bits per heavy atom. The lowest BCUT2D eigenvalue weighted by Crippen LogP contribution is -2.29. The van der Waals surface area contributed by atoms with E-state index in [2.05, 4.69) is 234 Å². The zero-order valence-corrected chi connectivity index (χ0v) is 40.7. The molecule has 3 unspecified atom stereocenters. The fourth-order valence-electron chi connectivity index (χ4n) is 12.6. The van der Waals surface area contributed by atoms with E-state index in [1.54, 1.807) is 10.4 Å². The van der Waals surface area contributed by atoms with Crippen LogP contribution >= 0.6 is 11.3 Å². The van der Waals surface area contributed by atoms with E-state index in [0.717, 1.165) is 30.6 Å². The Bertz CT molecular complexity index is 3700. The molecule has 0 radical (unpaired) electrons. The molecule has 71 heavy (non-hydrogen) atoms. The molecule has 0 bridgehead atoms. The Morgan fingerprint density at radius 2 is 1.27 bits per heavy atom. The molecule has 342 valence electrons. The predicted molar refractivity (Wildman–Crippen MR) is 303 cm³/mol. The fourth-order valence-corrected chi connectivity index (χ4v) is 13.9. The maximum atomic E-state index is 2.64. The minimum absolute atomic E-state index is 0.175. The molecule has 1 aliphatic heterocycles. The summed E-state index contributed by atoms with van der Waals surface area (Å²) in [6, 6.07) is 64.4. The van der Waals surface area contributed by atoms with Crippen molar-refractivity contribution < 1.29 is 0 Å². The lowest BCUT2D eigenvalue weighted by Gasteiger charge is -2.33. The molecule has 3 atom stereocenters. The number of nitrogens with zero attached hydrogens (tertiary/aromatic N) is 2. The molecule has 8 aromatic carbocycles. The molecule has 9 aromatic rings. The van der Waals surface area contributed by atoms with Crippen molar-refractivity contribution in [3.05, 3.63) is 257 Å². The minimum Gasteiger partial charge on any atom is -0.333 e. The van der Waals surface area contributed by atoms with Crippen molar-refractivity contribution in [2.24, 2.45) is 0 Å². The largest absolute Gasteiger partial charge is 0.333 e. The van der Waals surface area contributed by atoms with Crippen LogP contribution in [0.25, 0.3) is 60.3 Å². The van der Waals surface area contributed by atoms with Crippen molar-refractivity contribution in [1.29, 1.82) is 0 Å². The zero-order valence-electron chi connectivity index (χ0n) is 39.8. The minimum atomic E-state index is 0.175. The summed E-state index contributed by atoms with van der Waals surface area (Å²) < 4.78 is 1.43. The number of para-hydroxylation sites is 1. The van der Waals surface area contributed by atoms with E-state index in [0.29, 0.717) is 5.92 Å². The van der Waals surface area contributed by atoms with Gasteiger partial charge in [0.1, 0.15) is 0 Å². The van der Waals surface area contributed by atoms with Gasteiger partial charge in [0.05, 0.1) is 6.04 Å². The van der Waals surface area contributed by atoms with Crippen molar-refractivity contribution in [1.82, 2.24) is 0 Å². The Hall–Kier alpha value is -7.72. The Labute approximate surface area is 421 Å². The quantitative estimate of drug-likeness (QED) is 0.150. The second-order valence-corrected chi connectivity index (χ2v) is 21.1. The normalized spacial score (nSPS) is 18.6. The highest BCUT2D eigenvalue weighted by atomic mass is 32.1.